The number of unbranched alkanes of at least 4 members (excludes halogenated alkanes) is 2. The van der Waals surface area contributed by atoms with E-state index in [0.29, 0.717) is 23.1 Å². The summed E-state index contributed by atoms with van der Waals surface area (Å²) < 4.78 is 0. The van der Waals surface area contributed by atoms with E-state index >= 15 is 0 Å². The summed E-state index contributed by atoms with van der Waals surface area (Å²) >= 11 is 1.30. The van der Waals surface area contributed by atoms with Gasteiger partial charge in [-0.3, -0.25) is 10.1 Å². The maximum absolute atomic E-state index is 12.0. The van der Waals surface area contributed by atoms with Crippen LogP contribution in [0.25, 0.3) is 0 Å². The number of hydrogen-bond donors (Lipinski definition) is 3. The van der Waals surface area contributed by atoms with Crippen LogP contribution in [0.2, 0.25) is 0 Å². The number of aryl methyl sites for hydroxylation is 1. The van der Waals surface area contributed by atoms with Crippen molar-refractivity contribution in [1.29, 1.82) is 0 Å². The van der Waals surface area contributed by atoms with Crippen LogP contribution in [0.1, 0.15) is 37.4 Å². The molecule has 2 aromatic rings. The molecule has 7 heteroatoms. The van der Waals surface area contributed by atoms with Crippen molar-refractivity contribution in [3.05, 3.63) is 40.9 Å². The fraction of sp³-hybridized carbons (Fsp3) is 0.389. The summed E-state index contributed by atoms with van der Waals surface area (Å²) in [5.41, 5.74) is 2.50. The van der Waals surface area contributed by atoms with E-state index in [4.69, 9.17) is 0 Å². The normalized spacial score (nSPS) is 10.3. The van der Waals surface area contributed by atoms with Crippen LogP contribution in [0.4, 0.5) is 15.6 Å². The summed E-state index contributed by atoms with van der Waals surface area (Å²) in [6.07, 6.45) is 3.46. The van der Waals surface area contributed by atoms with Crippen molar-refractivity contribution in [2.24, 2.45) is 0 Å². The topological polar surface area (TPSA) is 83.1 Å². The van der Waals surface area contributed by atoms with Gasteiger partial charge in [0, 0.05) is 17.6 Å². The van der Waals surface area contributed by atoms with Crippen molar-refractivity contribution >= 4 is 34.1 Å². The molecule has 0 spiro atoms. The Bertz CT molecular complexity index is 697. The molecular weight excluding hydrogens is 336 g/mol. The number of carbonyl (C=O) groups excluding carboxylic acids is 2. The molecular formula is C18H24N4O2S. The van der Waals surface area contributed by atoms with Crippen LogP contribution in [0, 0.1) is 6.92 Å². The van der Waals surface area contributed by atoms with Gasteiger partial charge in [0.1, 0.15) is 0 Å². The maximum atomic E-state index is 12.0. The standard InChI is InChI=1S/C18H24N4O2S/c1-3-4-5-10-19-16(23)11-15-12-25-18(21-15)22-17(24)20-14-8-6-13(2)7-9-14/h6-9,12H,3-5,10-11H2,1-2H3,(H,19,23)(H2,20,21,22,24). The van der Waals surface area contributed by atoms with Crippen LogP contribution < -0.4 is 16.0 Å². The van der Waals surface area contributed by atoms with Gasteiger partial charge in [-0.1, -0.05) is 37.5 Å². The third-order valence-electron chi connectivity index (χ3n) is 3.53. The van der Waals surface area contributed by atoms with Crippen LogP contribution >= 0.6 is 11.3 Å². The summed E-state index contributed by atoms with van der Waals surface area (Å²) in [5.74, 6) is -0.0444. The fourth-order valence-electron chi connectivity index (χ4n) is 2.17. The second kappa shape index (κ2) is 9.78. The number of nitrogens with zero attached hydrogens (tertiary/aromatic N) is 1. The van der Waals surface area contributed by atoms with E-state index in [2.05, 4.69) is 27.9 Å². The number of amides is 3. The van der Waals surface area contributed by atoms with Crippen LogP contribution in [-0.4, -0.2) is 23.5 Å². The molecule has 0 saturated heterocycles. The number of carbonyl (C=O) groups is 2. The molecule has 1 aromatic carbocycles. The predicted molar refractivity (Wildman–Crippen MR) is 102 cm³/mol. The van der Waals surface area contributed by atoms with Gasteiger partial charge in [-0.05, 0) is 25.5 Å². The molecule has 0 saturated carbocycles. The summed E-state index contributed by atoms with van der Waals surface area (Å²) in [6.45, 7) is 4.81. The Labute approximate surface area is 152 Å². The Balaban J connectivity index is 1.77. The fourth-order valence-corrected chi connectivity index (χ4v) is 2.88. The number of benzene rings is 1. The molecule has 0 fully saturated rings. The third kappa shape index (κ3) is 6.93. The summed E-state index contributed by atoms with van der Waals surface area (Å²) in [4.78, 5) is 28.1. The molecule has 0 aliphatic carbocycles. The maximum Gasteiger partial charge on any atom is 0.325 e. The van der Waals surface area contributed by atoms with Gasteiger partial charge in [0.2, 0.25) is 5.91 Å². The zero-order valence-electron chi connectivity index (χ0n) is 14.6. The van der Waals surface area contributed by atoms with Crippen molar-refractivity contribution in [2.45, 2.75) is 39.5 Å². The van der Waals surface area contributed by atoms with E-state index in [-0.39, 0.29) is 18.4 Å². The minimum atomic E-state index is -0.353. The van der Waals surface area contributed by atoms with Gasteiger partial charge in [-0.15, -0.1) is 11.3 Å². The molecule has 0 aliphatic heterocycles. The molecule has 2 rings (SSSR count). The van der Waals surface area contributed by atoms with E-state index in [1.807, 2.05) is 31.2 Å². The molecule has 1 aromatic heterocycles. The molecule has 1 heterocycles. The van der Waals surface area contributed by atoms with Gasteiger partial charge in [-0.2, -0.15) is 0 Å². The minimum Gasteiger partial charge on any atom is -0.356 e. The van der Waals surface area contributed by atoms with E-state index in [1.54, 1.807) is 5.38 Å². The predicted octanol–water partition coefficient (Wildman–Crippen LogP) is 3.94. The average Bonchev–Trinajstić information content (AvgIpc) is 3.00. The quantitative estimate of drug-likeness (QED) is 0.623. The van der Waals surface area contributed by atoms with Crippen LogP contribution in [-0.2, 0) is 11.2 Å². The van der Waals surface area contributed by atoms with E-state index in [1.165, 1.54) is 11.3 Å². The Morgan fingerprint density at radius 1 is 1.12 bits per heavy atom. The number of hydrogen-bond acceptors (Lipinski definition) is 4. The first-order chi connectivity index (χ1) is 12.1. The molecule has 6 nitrogen and oxygen atoms in total. The SMILES string of the molecule is CCCCCNC(=O)Cc1csc(NC(=O)Nc2ccc(C)cc2)n1. The van der Waals surface area contributed by atoms with Crippen molar-refractivity contribution in [1.82, 2.24) is 10.3 Å². The van der Waals surface area contributed by atoms with Crippen molar-refractivity contribution in [2.75, 3.05) is 17.2 Å². The number of thiazole rings is 1. The number of aromatic nitrogens is 1. The Morgan fingerprint density at radius 3 is 2.60 bits per heavy atom. The highest BCUT2D eigenvalue weighted by atomic mass is 32.1. The molecule has 25 heavy (non-hydrogen) atoms. The van der Waals surface area contributed by atoms with Crippen LogP contribution in [0.5, 0.6) is 0 Å². The van der Waals surface area contributed by atoms with Gasteiger partial charge in [0.05, 0.1) is 12.1 Å². The van der Waals surface area contributed by atoms with E-state index < -0.39 is 0 Å². The molecule has 3 amide bonds. The van der Waals surface area contributed by atoms with Crippen molar-refractivity contribution < 1.29 is 9.59 Å². The summed E-state index contributed by atoms with van der Waals surface area (Å²) in [5, 5.41) is 10.6. The summed E-state index contributed by atoms with van der Waals surface area (Å²) in [6, 6.07) is 7.18. The molecule has 0 unspecified atom stereocenters. The van der Waals surface area contributed by atoms with Crippen molar-refractivity contribution in [3.63, 3.8) is 0 Å². The lowest BCUT2D eigenvalue weighted by atomic mass is 10.2. The largest absolute Gasteiger partial charge is 0.356 e. The molecule has 0 atom stereocenters. The summed E-state index contributed by atoms with van der Waals surface area (Å²) in [7, 11) is 0. The highest BCUT2D eigenvalue weighted by Crippen LogP contribution is 2.16. The zero-order chi connectivity index (χ0) is 18.1. The zero-order valence-corrected chi connectivity index (χ0v) is 15.4. The van der Waals surface area contributed by atoms with E-state index in [9.17, 15) is 9.59 Å². The first-order valence-electron chi connectivity index (χ1n) is 8.42. The van der Waals surface area contributed by atoms with Gasteiger partial charge in [0.15, 0.2) is 5.13 Å². The van der Waals surface area contributed by atoms with Crippen LogP contribution in [0.3, 0.4) is 0 Å². The third-order valence-corrected chi connectivity index (χ3v) is 4.33. The second-order valence-corrected chi connectivity index (χ2v) is 6.68. The molecule has 0 bridgehead atoms. The lowest BCUT2D eigenvalue weighted by Crippen LogP contribution is -2.26. The average molecular weight is 360 g/mol. The number of anilines is 2. The molecule has 0 radical (unpaired) electrons. The Morgan fingerprint density at radius 2 is 1.88 bits per heavy atom. The van der Waals surface area contributed by atoms with Gasteiger partial charge in [0.25, 0.3) is 0 Å². The first-order valence-corrected chi connectivity index (χ1v) is 9.30. The minimum absolute atomic E-state index is 0.0444. The molecule has 3 N–H and O–H groups in total. The smallest absolute Gasteiger partial charge is 0.325 e. The number of nitrogens with one attached hydrogen (secondary N) is 3. The highest BCUT2D eigenvalue weighted by Gasteiger charge is 2.10. The lowest BCUT2D eigenvalue weighted by molar-refractivity contribution is -0.120. The Kier molecular flexibility index (Phi) is 7.40. The molecule has 134 valence electrons. The number of urea groups is 1. The highest BCUT2D eigenvalue weighted by molar-refractivity contribution is 7.13. The molecule has 0 aliphatic rings. The first kappa shape index (κ1) is 18.9. The Hall–Kier alpha value is -2.41. The van der Waals surface area contributed by atoms with Gasteiger partial charge < -0.3 is 10.6 Å². The number of rotatable bonds is 8. The van der Waals surface area contributed by atoms with Gasteiger partial charge in [-0.25, -0.2) is 9.78 Å². The lowest BCUT2D eigenvalue weighted by Gasteiger charge is -2.05. The van der Waals surface area contributed by atoms with Gasteiger partial charge >= 0.3 is 6.03 Å². The van der Waals surface area contributed by atoms with E-state index in [0.717, 1.165) is 24.8 Å². The monoisotopic (exact) mass is 360 g/mol. The van der Waals surface area contributed by atoms with Crippen molar-refractivity contribution in [3.8, 4) is 0 Å². The van der Waals surface area contributed by atoms with Crippen LogP contribution in [0.15, 0.2) is 29.6 Å². The second-order valence-electron chi connectivity index (χ2n) is 5.82.